The maximum absolute atomic E-state index is 12.8. The van der Waals surface area contributed by atoms with E-state index < -0.39 is 0 Å². The molecule has 0 bridgehead atoms. The van der Waals surface area contributed by atoms with E-state index in [9.17, 15) is 9.59 Å². The minimum absolute atomic E-state index is 0.0245. The van der Waals surface area contributed by atoms with Crippen LogP contribution in [0.4, 0.5) is 0 Å². The van der Waals surface area contributed by atoms with Crippen molar-refractivity contribution in [3.05, 3.63) is 47.3 Å². The Labute approximate surface area is 195 Å². The highest BCUT2D eigenvalue weighted by atomic mass is 16.3. The molecule has 1 aliphatic rings. The molecule has 1 saturated heterocycles. The van der Waals surface area contributed by atoms with Gasteiger partial charge in [0.15, 0.2) is 0 Å². The smallest absolute Gasteiger partial charge is 0.290 e. The van der Waals surface area contributed by atoms with E-state index in [-0.39, 0.29) is 30.2 Å². The average Bonchev–Trinajstić information content (AvgIpc) is 3.01. The molecule has 0 unspecified atom stereocenters. The van der Waals surface area contributed by atoms with Crippen LogP contribution in [0.5, 0.6) is 0 Å². The predicted octanol–water partition coefficient (Wildman–Crippen LogP) is 2.16. The van der Waals surface area contributed by atoms with Crippen LogP contribution in [-0.2, 0) is 9.59 Å². The van der Waals surface area contributed by atoms with E-state index in [0.29, 0.717) is 12.1 Å². The van der Waals surface area contributed by atoms with Gasteiger partial charge in [-0.2, -0.15) is 5.10 Å². The Bertz CT molecular complexity index is 925. The first-order chi connectivity index (χ1) is 15.8. The Kier molecular flexibility index (Phi) is 10.1. The zero-order valence-corrected chi connectivity index (χ0v) is 19.9. The molecule has 1 aromatic carbocycles. The number of likely N-dealkylation sites (tertiary alicyclic amines) is 1. The Morgan fingerprint density at radius 1 is 1.18 bits per heavy atom. The van der Waals surface area contributed by atoms with Crippen molar-refractivity contribution >= 4 is 18.3 Å². The normalized spacial score (nSPS) is 18.4. The van der Waals surface area contributed by atoms with Crippen LogP contribution < -0.4 is 10.6 Å². The minimum atomic E-state index is -0.250. The molecule has 9 heteroatoms. The van der Waals surface area contributed by atoms with Crippen molar-refractivity contribution < 1.29 is 19.5 Å². The molecule has 1 aliphatic heterocycles. The van der Waals surface area contributed by atoms with Gasteiger partial charge in [0.05, 0.1) is 17.3 Å². The third kappa shape index (κ3) is 7.71. The number of benzene rings is 1. The quantitative estimate of drug-likeness (QED) is 0.573. The lowest BCUT2D eigenvalue weighted by molar-refractivity contribution is -0.125. The number of carbonyl (C=O) groups excluding carboxylic acids is 2. The van der Waals surface area contributed by atoms with Gasteiger partial charge < -0.3 is 20.6 Å². The molecular weight excluding hydrogens is 422 g/mol. The van der Waals surface area contributed by atoms with E-state index in [2.05, 4.69) is 27.6 Å². The van der Waals surface area contributed by atoms with Gasteiger partial charge in [-0.1, -0.05) is 6.92 Å². The number of hydrogen-bond acceptors (Lipinski definition) is 5. The van der Waals surface area contributed by atoms with Crippen molar-refractivity contribution in [2.75, 3.05) is 26.7 Å². The number of aryl methyl sites for hydroxylation is 2. The van der Waals surface area contributed by atoms with E-state index in [0.717, 1.165) is 49.4 Å². The molecule has 9 nitrogen and oxygen atoms in total. The number of nitrogens with zero attached hydrogens (tertiary/aromatic N) is 3. The number of likely N-dealkylation sites (N-methyl/N-ethyl adjacent to an activating group) is 1. The second-order valence-electron chi connectivity index (χ2n) is 8.45. The largest absolute Gasteiger partial charge is 0.483 e. The average molecular weight is 458 g/mol. The zero-order chi connectivity index (χ0) is 24.4. The van der Waals surface area contributed by atoms with E-state index in [1.165, 1.54) is 0 Å². The summed E-state index contributed by atoms with van der Waals surface area (Å²) < 4.78 is 1.88. The van der Waals surface area contributed by atoms with Gasteiger partial charge in [0.1, 0.15) is 0 Å². The summed E-state index contributed by atoms with van der Waals surface area (Å²) >= 11 is 0. The number of rotatable bonds is 6. The van der Waals surface area contributed by atoms with Crippen molar-refractivity contribution in [2.45, 2.75) is 46.1 Å². The SMILES string of the molecule is CCCNC(=O)[C@@H]1CC[C@H](NC(=O)c2ccc(-n3nc(C)cc3C)cc2)CN(C)C1.O=CO. The van der Waals surface area contributed by atoms with E-state index in [4.69, 9.17) is 9.90 Å². The Morgan fingerprint density at radius 2 is 1.85 bits per heavy atom. The van der Waals surface area contributed by atoms with Gasteiger partial charge in [-0.05, 0) is 70.5 Å². The molecule has 2 atom stereocenters. The van der Waals surface area contributed by atoms with Gasteiger partial charge in [0.25, 0.3) is 12.4 Å². The number of aromatic nitrogens is 2. The highest BCUT2D eigenvalue weighted by Gasteiger charge is 2.27. The molecule has 1 aromatic heterocycles. The fraction of sp³-hybridized carbons (Fsp3) is 0.500. The maximum Gasteiger partial charge on any atom is 0.290 e. The first-order valence-electron chi connectivity index (χ1n) is 11.3. The molecule has 2 heterocycles. The molecule has 3 rings (SSSR count). The van der Waals surface area contributed by atoms with Crippen molar-refractivity contribution in [3.8, 4) is 5.69 Å². The third-order valence-electron chi connectivity index (χ3n) is 5.57. The lowest BCUT2D eigenvalue weighted by atomic mass is 10.0. The third-order valence-corrected chi connectivity index (χ3v) is 5.57. The predicted molar refractivity (Wildman–Crippen MR) is 127 cm³/mol. The summed E-state index contributed by atoms with van der Waals surface area (Å²) in [5.41, 5.74) is 3.59. The molecule has 180 valence electrons. The summed E-state index contributed by atoms with van der Waals surface area (Å²) in [4.78, 5) is 35.6. The summed E-state index contributed by atoms with van der Waals surface area (Å²) in [6.45, 7) is 7.96. The molecule has 2 amide bonds. The van der Waals surface area contributed by atoms with Gasteiger partial charge in [-0.25, -0.2) is 4.68 Å². The Balaban J connectivity index is 0.00000122. The number of hydrogen-bond donors (Lipinski definition) is 3. The maximum atomic E-state index is 12.8. The van der Waals surface area contributed by atoms with Gasteiger partial charge in [-0.3, -0.25) is 14.4 Å². The van der Waals surface area contributed by atoms with Crippen LogP contribution in [0.2, 0.25) is 0 Å². The van der Waals surface area contributed by atoms with Gasteiger partial charge in [0.2, 0.25) is 5.91 Å². The van der Waals surface area contributed by atoms with Crippen molar-refractivity contribution in [3.63, 3.8) is 0 Å². The summed E-state index contributed by atoms with van der Waals surface area (Å²) in [5.74, 6) is 0.0149. The van der Waals surface area contributed by atoms with Crippen LogP contribution in [0.3, 0.4) is 0 Å². The Hall–Kier alpha value is -3.20. The second kappa shape index (κ2) is 12.7. The van der Waals surface area contributed by atoms with Gasteiger partial charge in [-0.15, -0.1) is 0 Å². The summed E-state index contributed by atoms with van der Waals surface area (Å²) in [6, 6.07) is 9.56. The first kappa shape index (κ1) is 26.1. The summed E-state index contributed by atoms with van der Waals surface area (Å²) in [5, 5.41) is 17.5. The molecule has 0 aliphatic carbocycles. The number of amides is 2. The first-order valence-corrected chi connectivity index (χ1v) is 11.3. The molecule has 3 N–H and O–H groups in total. The highest BCUT2D eigenvalue weighted by Crippen LogP contribution is 2.18. The van der Waals surface area contributed by atoms with Crippen molar-refractivity contribution in [2.24, 2.45) is 5.92 Å². The number of carbonyl (C=O) groups is 3. The molecule has 0 saturated carbocycles. The lowest BCUT2D eigenvalue weighted by Gasteiger charge is -2.22. The van der Waals surface area contributed by atoms with Gasteiger partial charge in [0, 0.05) is 36.9 Å². The summed E-state index contributed by atoms with van der Waals surface area (Å²) in [6.07, 6.45) is 2.51. The van der Waals surface area contributed by atoms with Crippen molar-refractivity contribution in [1.29, 1.82) is 0 Å². The van der Waals surface area contributed by atoms with E-state index >= 15 is 0 Å². The zero-order valence-electron chi connectivity index (χ0n) is 19.9. The molecule has 0 radical (unpaired) electrons. The lowest BCUT2D eigenvalue weighted by Crippen LogP contribution is -2.42. The number of nitrogens with one attached hydrogen (secondary N) is 2. The molecular formula is C24H35N5O4. The van der Waals surface area contributed by atoms with Crippen molar-refractivity contribution in [1.82, 2.24) is 25.3 Å². The topological polar surface area (TPSA) is 117 Å². The fourth-order valence-electron chi connectivity index (χ4n) is 4.05. The molecule has 0 spiro atoms. The van der Waals surface area contributed by atoms with Crippen LogP contribution in [0.25, 0.3) is 5.69 Å². The van der Waals surface area contributed by atoms with E-state index in [1.54, 1.807) is 0 Å². The van der Waals surface area contributed by atoms with Crippen LogP contribution in [0.1, 0.15) is 47.9 Å². The van der Waals surface area contributed by atoms with Crippen LogP contribution >= 0.6 is 0 Å². The molecule has 1 fully saturated rings. The van der Waals surface area contributed by atoms with Gasteiger partial charge >= 0.3 is 0 Å². The molecule has 2 aromatic rings. The standard InChI is InChI=1S/C23H33N5O2.CH2O2/c1-5-12-24-22(29)19-6-9-20(15-27(4)14-19)25-23(30)18-7-10-21(11-8-18)28-17(3)13-16(2)26-28;2-1-3/h7-8,10-11,13,19-20H,5-6,9,12,14-15H2,1-4H3,(H,24,29)(H,25,30);1H,(H,2,3)/t19-,20+;/m1./s1. The van der Waals surface area contributed by atoms with Crippen LogP contribution in [0, 0.1) is 19.8 Å². The second-order valence-corrected chi connectivity index (χ2v) is 8.45. The van der Waals surface area contributed by atoms with Crippen LogP contribution in [-0.4, -0.2) is 70.8 Å². The molecule has 33 heavy (non-hydrogen) atoms. The Morgan fingerprint density at radius 3 is 2.42 bits per heavy atom. The highest BCUT2D eigenvalue weighted by molar-refractivity contribution is 5.94. The monoisotopic (exact) mass is 457 g/mol. The number of carboxylic acid groups (broad SMARTS) is 1. The van der Waals surface area contributed by atoms with Crippen LogP contribution in [0.15, 0.2) is 30.3 Å². The van der Waals surface area contributed by atoms with E-state index in [1.807, 2.05) is 55.9 Å². The fourth-order valence-corrected chi connectivity index (χ4v) is 4.05. The minimum Gasteiger partial charge on any atom is -0.483 e. The summed E-state index contributed by atoms with van der Waals surface area (Å²) in [7, 11) is 2.01.